The Morgan fingerprint density at radius 3 is 2.64 bits per heavy atom. The Morgan fingerprint density at radius 2 is 1.86 bits per heavy atom. The molecular formula is C16H14N4O2. The van der Waals surface area contributed by atoms with Crippen molar-refractivity contribution in [2.24, 2.45) is 0 Å². The fourth-order valence-electron chi connectivity index (χ4n) is 1.84. The van der Waals surface area contributed by atoms with Gasteiger partial charge in [-0.05, 0) is 30.3 Å². The van der Waals surface area contributed by atoms with Crippen LogP contribution in [0.25, 0.3) is 0 Å². The maximum absolute atomic E-state index is 12.1. The lowest BCUT2D eigenvalue weighted by Crippen LogP contribution is -2.14. The molecule has 0 aliphatic carbocycles. The number of hydrogen-bond acceptors (Lipinski definition) is 4. The van der Waals surface area contributed by atoms with Crippen LogP contribution in [0.3, 0.4) is 0 Å². The maximum Gasteiger partial charge on any atom is 0.276 e. The first kappa shape index (κ1) is 13.8. The van der Waals surface area contributed by atoms with Gasteiger partial charge in [-0.15, -0.1) is 0 Å². The number of carbonyl (C=O) groups excluding carboxylic acids is 1. The van der Waals surface area contributed by atoms with Crippen molar-refractivity contribution in [2.75, 3.05) is 5.32 Å². The summed E-state index contributed by atoms with van der Waals surface area (Å²) in [5, 5.41) is 6.94. The minimum Gasteiger partial charge on any atom is -0.471 e. The molecule has 6 heteroatoms. The van der Waals surface area contributed by atoms with E-state index in [1.807, 2.05) is 30.3 Å². The van der Waals surface area contributed by atoms with Crippen molar-refractivity contribution in [1.82, 2.24) is 14.8 Å². The largest absolute Gasteiger partial charge is 0.471 e. The monoisotopic (exact) mass is 294 g/mol. The van der Waals surface area contributed by atoms with Crippen molar-refractivity contribution >= 4 is 11.6 Å². The van der Waals surface area contributed by atoms with Crippen LogP contribution in [0, 0.1) is 0 Å². The van der Waals surface area contributed by atoms with Crippen LogP contribution in [-0.4, -0.2) is 20.7 Å². The highest BCUT2D eigenvalue weighted by Gasteiger charge is 2.09. The number of para-hydroxylation sites is 1. The van der Waals surface area contributed by atoms with Gasteiger partial charge in [0.2, 0.25) is 0 Å². The van der Waals surface area contributed by atoms with Gasteiger partial charge in [0.25, 0.3) is 5.91 Å². The Labute approximate surface area is 127 Å². The van der Waals surface area contributed by atoms with Crippen molar-refractivity contribution in [3.05, 3.63) is 72.8 Å². The van der Waals surface area contributed by atoms with Crippen LogP contribution in [0.1, 0.15) is 10.5 Å². The minimum absolute atomic E-state index is 0.243. The second-order valence-electron chi connectivity index (χ2n) is 4.52. The molecule has 0 atom stereocenters. The van der Waals surface area contributed by atoms with E-state index in [4.69, 9.17) is 4.74 Å². The van der Waals surface area contributed by atoms with Crippen molar-refractivity contribution < 1.29 is 9.53 Å². The van der Waals surface area contributed by atoms with Crippen molar-refractivity contribution in [3.63, 3.8) is 0 Å². The molecule has 0 fully saturated rings. The zero-order chi connectivity index (χ0) is 15.2. The molecular weight excluding hydrogens is 280 g/mol. The molecule has 0 aliphatic heterocycles. The van der Waals surface area contributed by atoms with Crippen LogP contribution in [0.15, 0.2) is 67.1 Å². The van der Waals surface area contributed by atoms with Gasteiger partial charge in [0.05, 0.1) is 0 Å². The second kappa shape index (κ2) is 6.53. The molecule has 110 valence electrons. The Balaban J connectivity index is 1.60. The topological polar surface area (TPSA) is 69.0 Å². The van der Waals surface area contributed by atoms with Crippen LogP contribution < -0.4 is 10.1 Å². The van der Waals surface area contributed by atoms with E-state index in [0.29, 0.717) is 11.4 Å². The second-order valence-corrected chi connectivity index (χ2v) is 4.52. The molecule has 0 spiro atoms. The molecule has 0 unspecified atom stereocenters. The molecule has 1 aromatic carbocycles. The third kappa shape index (κ3) is 3.49. The summed E-state index contributed by atoms with van der Waals surface area (Å²) < 4.78 is 7.13. The molecule has 0 saturated carbocycles. The molecule has 3 aromatic rings. The standard InChI is InChI=1S/C16H14N4O2/c21-16(18-13-6-9-17-10-7-13)15-8-11-20(19-15)12-22-14-4-2-1-3-5-14/h1-11H,12H2,(H,17,18,21). The first-order valence-electron chi connectivity index (χ1n) is 6.74. The number of pyridine rings is 1. The number of nitrogens with one attached hydrogen (secondary N) is 1. The van der Waals surface area contributed by atoms with E-state index in [-0.39, 0.29) is 12.6 Å². The normalized spacial score (nSPS) is 10.2. The molecule has 3 rings (SSSR count). The van der Waals surface area contributed by atoms with Gasteiger partial charge < -0.3 is 10.1 Å². The number of benzene rings is 1. The van der Waals surface area contributed by atoms with E-state index in [9.17, 15) is 4.79 Å². The van der Waals surface area contributed by atoms with Gasteiger partial charge in [-0.25, -0.2) is 4.68 Å². The average molecular weight is 294 g/mol. The Bertz CT molecular complexity index is 741. The Morgan fingerprint density at radius 1 is 1.09 bits per heavy atom. The highest BCUT2D eigenvalue weighted by atomic mass is 16.5. The lowest BCUT2D eigenvalue weighted by atomic mass is 10.3. The number of hydrogen-bond donors (Lipinski definition) is 1. The number of aromatic nitrogens is 3. The number of nitrogens with zero attached hydrogens (tertiary/aromatic N) is 3. The molecule has 0 bridgehead atoms. The first-order chi connectivity index (χ1) is 10.8. The number of rotatable bonds is 5. The molecule has 6 nitrogen and oxygen atoms in total. The van der Waals surface area contributed by atoms with E-state index < -0.39 is 0 Å². The summed E-state index contributed by atoms with van der Waals surface area (Å²) in [7, 11) is 0. The molecule has 0 radical (unpaired) electrons. The van der Waals surface area contributed by atoms with Crippen LogP contribution in [0.5, 0.6) is 5.75 Å². The smallest absolute Gasteiger partial charge is 0.276 e. The highest BCUT2D eigenvalue weighted by Crippen LogP contribution is 2.10. The lowest BCUT2D eigenvalue weighted by molar-refractivity contribution is 0.102. The van der Waals surface area contributed by atoms with Gasteiger partial charge in [-0.3, -0.25) is 9.78 Å². The summed E-state index contributed by atoms with van der Waals surface area (Å²) in [4.78, 5) is 15.9. The summed E-state index contributed by atoms with van der Waals surface area (Å²) in [6, 6.07) is 14.5. The fraction of sp³-hybridized carbons (Fsp3) is 0.0625. The van der Waals surface area contributed by atoms with Gasteiger partial charge >= 0.3 is 0 Å². The number of carbonyl (C=O) groups is 1. The van der Waals surface area contributed by atoms with Crippen LogP contribution >= 0.6 is 0 Å². The third-order valence-corrected chi connectivity index (χ3v) is 2.92. The van der Waals surface area contributed by atoms with Gasteiger partial charge in [0.15, 0.2) is 12.4 Å². The average Bonchev–Trinajstić information content (AvgIpc) is 3.04. The van der Waals surface area contributed by atoms with Gasteiger partial charge in [0, 0.05) is 24.3 Å². The van der Waals surface area contributed by atoms with E-state index >= 15 is 0 Å². The van der Waals surface area contributed by atoms with Crippen molar-refractivity contribution in [3.8, 4) is 5.75 Å². The summed E-state index contributed by atoms with van der Waals surface area (Å²) in [5.74, 6) is 0.477. The van der Waals surface area contributed by atoms with Gasteiger partial charge in [-0.2, -0.15) is 5.10 Å². The first-order valence-corrected chi connectivity index (χ1v) is 6.74. The number of ether oxygens (including phenoxy) is 1. The summed E-state index contributed by atoms with van der Waals surface area (Å²) in [6.07, 6.45) is 4.92. The minimum atomic E-state index is -0.273. The zero-order valence-electron chi connectivity index (χ0n) is 11.7. The fourth-order valence-corrected chi connectivity index (χ4v) is 1.84. The molecule has 2 heterocycles. The molecule has 2 aromatic heterocycles. The SMILES string of the molecule is O=C(Nc1ccncc1)c1ccn(COc2ccccc2)n1. The Kier molecular flexibility index (Phi) is 4.10. The van der Waals surface area contributed by atoms with E-state index in [0.717, 1.165) is 5.75 Å². The molecule has 22 heavy (non-hydrogen) atoms. The van der Waals surface area contributed by atoms with E-state index in [1.165, 1.54) is 0 Å². The summed E-state index contributed by atoms with van der Waals surface area (Å²) >= 11 is 0. The summed E-state index contributed by atoms with van der Waals surface area (Å²) in [6.45, 7) is 0.243. The predicted octanol–water partition coefficient (Wildman–Crippen LogP) is 2.57. The van der Waals surface area contributed by atoms with Crippen molar-refractivity contribution in [1.29, 1.82) is 0 Å². The third-order valence-electron chi connectivity index (χ3n) is 2.92. The van der Waals surface area contributed by atoms with Crippen LogP contribution in [-0.2, 0) is 6.73 Å². The highest BCUT2D eigenvalue weighted by molar-refractivity contribution is 6.02. The predicted molar refractivity (Wildman–Crippen MR) is 81.5 cm³/mol. The molecule has 1 N–H and O–H groups in total. The molecule has 1 amide bonds. The number of amides is 1. The quantitative estimate of drug-likeness (QED) is 0.785. The van der Waals surface area contributed by atoms with Gasteiger partial charge in [0.1, 0.15) is 5.75 Å². The number of anilines is 1. The molecule has 0 aliphatic rings. The maximum atomic E-state index is 12.1. The van der Waals surface area contributed by atoms with Crippen molar-refractivity contribution in [2.45, 2.75) is 6.73 Å². The van der Waals surface area contributed by atoms with E-state index in [2.05, 4.69) is 15.4 Å². The Hall–Kier alpha value is -3.15. The van der Waals surface area contributed by atoms with E-state index in [1.54, 1.807) is 41.5 Å². The van der Waals surface area contributed by atoms with Gasteiger partial charge in [-0.1, -0.05) is 18.2 Å². The lowest BCUT2D eigenvalue weighted by Gasteiger charge is -2.05. The zero-order valence-corrected chi connectivity index (χ0v) is 11.7. The van der Waals surface area contributed by atoms with Crippen LogP contribution in [0.4, 0.5) is 5.69 Å². The van der Waals surface area contributed by atoms with Crippen LogP contribution in [0.2, 0.25) is 0 Å². The molecule has 0 saturated heterocycles. The summed E-state index contributed by atoms with van der Waals surface area (Å²) in [5.41, 5.74) is 1.00.